The van der Waals surface area contributed by atoms with Crippen LogP contribution in [0.25, 0.3) is 0 Å². The number of hydrogen-bond acceptors (Lipinski definition) is 2. The molecule has 0 saturated carbocycles. The molecule has 0 spiro atoms. The molecule has 1 nitrogen and oxygen atoms in total. The fourth-order valence-electron chi connectivity index (χ4n) is 1.000. The molecule has 0 rings (SSSR count). The van der Waals surface area contributed by atoms with Crippen LogP contribution in [0.1, 0.15) is 26.7 Å². The second-order valence-electron chi connectivity index (χ2n) is 3.08. The molecule has 0 fully saturated rings. The summed E-state index contributed by atoms with van der Waals surface area (Å²) < 4.78 is 0. The largest absolute Gasteiger partial charge is 0.316 e. The van der Waals surface area contributed by atoms with E-state index in [1.54, 1.807) is 0 Å². The molecule has 0 aliphatic rings. The summed E-state index contributed by atoms with van der Waals surface area (Å²) in [6, 6.07) is 0. The Kier molecular flexibility index (Phi) is 6.77. The molecule has 0 aromatic rings. The van der Waals surface area contributed by atoms with Gasteiger partial charge in [-0.05, 0) is 36.8 Å². The van der Waals surface area contributed by atoms with E-state index < -0.39 is 0 Å². The highest BCUT2D eigenvalue weighted by Gasteiger charge is 2.00. The molecule has 0 aromatic carbocycles. The van der Waals surface area contributed by atoms with Crippen molar-refractivity contribution in [1.82, 2.24) is 5.32 Å². The SMILES string of the molecule is C=C(S)CC(C)CNCCC. The van der Waals surface area contributed by atoms with E-state index in [1.807, 2.05) is 0 Å². The topological polar surface area (TPSA) is 12.0 Å². The average Bonchev–Trinajstić information content (AvgIpc) is 1.86. The maximum Gasteiger partial charge on any atom is -0.00198 e. The average molecular weight is 173 g/mol. The Morgan fingerprint density at radius 3 is 2.73 bits per heavy atom. The van der Waals surface area contributed by atoms with E-state index >= 15 is 0 Å². The third-order valence-corrected chi connectivity index (χ3v) is 1.69. The number of hydrogen-bond donors (Lipinski definition) is 2. The third kappa shape index (κ3) is 7.95. The lowest BCUT2D eigenvalue weighted by molar-refractivity contribution is 0.516. The van der Waals surface area contributed by atoms with Crippen LogP contribution in [-0.4, -0.2) is 13.1 Å². The van der Waals surface area contributed by atoms with Gasteiger partial charge in [0.15, 0.2) is 0 Å². The van der Waals surface area contributed by atoms with Crippen molar-refractivity contribution in [3.63, 3.8) is 0 Å². The number of allylic oxidation sites excluding steroid dienone is 1. The van der Waals surface area contributed by atoms with Crippen LogP contribution in [0.3, 0.4) is 0 Å². The molecule has 0 bridgehead atoms. The highest BCUT2D eigenvalue weighted by Crippen LogP contribution is 2.10. The van der Waals surface area contributed by atoms with Crippen LogP contribution in [0.2, 0.25) is 0 Å². The minimum Gasteiger partial charge on any atom is -0.316 e. The first kappa shape index (κ1) is 11.1. The van der Waals surface area contributed by atoms with Crippen LogP contribution in [0.4, 0.5) is 0 Å². The van der Waals surface area contributed by atoms with Gasteiger partial charge in [0, 0.05) is 0 Å². The molecule has 1 N–H and O–H groups in total. The first-order valence-corrected chi connectivity index (χ1v) is 4.69. The van der Waals surface area contributed by atoms with Gasteiger partial charge in [-0.2, -0.15) is 0 Å². The van der Waals surface area contributed by atoms with Crippen molar-refractivity contribution in [2.24, 2.45) is 5.92 Å². The molecule has 0 heterocycles. The van der Waals surface area contributed by atoms with Gasteiger partial charge < -0.3 is 5.32 Å². The number of rotatable bonds is 6. The summed E-state index contributed by atoms with van der Waals surface area (Å²) in [6.07, 6.45) is 2.22. The lowest BCUT2D eigenvalue weighted by Crippen LogP contribution is -2.21. The summed E-state index contributed by atoms with van der Waals surface area (Å²) in [7, 11) is 0. The Bertz CT molecular complexity index is 112. The standard InChI is InChI=1S/C9H19NS/c1-4-5-10-7-8(2)6-9(3)11/h8,10-11H,3-7H2,1-2H3. The second kappa shape index (κ2) is 6.74. The first-order valence-electron chi connectivity index (χ1n) is 4.24. The summed E-state index contributed by atoms with van der Waals surface area (Å²) in [5.41, 5.74) is 0. The van der Waals surface area contributed by atoms with Gasteiger partial charge in [-0.1, -0.05) is 20.4 Å². The smallest absolute Gasteiger partial charge is 0.00198 e. The summed E-state index contributed by atoms with van der Waals surface area (Å²) in [6.45, 7) is 10.3. The Hall–Kier alpha value is 0.0500. The van der Waals surface area contributed by atoms with E-state index in [2.05, 4.69) is 38.4 Å². The molecule has 0 radical (unpaired) electrons. The van der Waals surface area contributed by atoms with Gasteiger partial charge in [0.25, 0.3) is 0 Å². The third-order valence-electron chi connectivity index (χ3n) is 1.50. The minimum absolute atomic E-state index is 0.659. The monoisotopic (exact) mass is 173 g/mol. The van der Waals surface area contributed by atoms with E-state index in [0.29, 0.717) is 5.92 Å². The molecule has 1 atom stereocenters. The van der Waals surface area contributed by atoms with E-state index in [9.17, 15) is 0 Å². The number of thiol groups is 1. The molecular formula is C9H19NS. The second-order valence-corrected chi connectivity index (χ2v) is 3.71. The predicted molar refractivity (Wildman–Crippen MR) is 55.1 cm³/mol. The van der Waals surface area contributed by atoms with Gasteiger partial charge in [0.05, 0.1) is 0 Å². The number of nitrogens with one attached hydrogen (secondary N) is 1. The molecule has 1 unspecified atom stereocenters. The van der Waals surface area contributed by atoms with Crippen LogP contribution in [0.15, 0.2) is 11.5 Å². The highest BCUT2D eigenvalue weighted by molar-refractivity contribution is 7.84. The van der Waals surface area contributed by atoms with Gasteiger partial charge in [-0.3, -0.25) is 0 Å². The molecule has 0 aliphatic carbocycles. The zero-order valence-corrected chi connectivity index (χ0v) is 8.45. The maximum atomic E-state index is 4.16. The Morgan fingerprint density at radius 1 is 1.64 bits per heavy atom. The van der Waals surface area contributed by atoms with Gasteiger partial charge in [-0.25, -0.2) is 0 Å². The van der Waals surface area contributed by atoms with E-state index in [4.69, 9.17) is 0 Å². The molecule has 2 heteroatoms. The van der Waals surface area contributed by atoms with Crippen molar-refractivity contribution >= 4 is 12.6 Å². The van der Waals surface area contributed by atoms with Crippen molar-refractivity contribution in [1.29, 1.82) is 0 Å². The Labute approximate surface area is 75.7 Å². The van der Waals surface area contributed by atoms with Crippen molar-refractivity contribution < 1.29 is 0 Å². The first-order chi connectivity index (χ1) is 5.16. The van der Waals surface area contributed by atoms with Gasteiger partial charge in [-0.15, -0.1) is 12.6 Å². The summed E-state index contributed by atoms with van der Waals surface area (Å²) >= 11 is 4.16. The Balaban J connectivity index is 3.22. The predicted octanol–water partition coefficient (Wildman–Crippen LogP) is 2.46. The van der Waals surface area contributed by atoms with Crippen LogP contribution < -0.4 is 5.32 Å². The quantitative estimate of drug-likeness (QED) is 0.464. The van der Waals surface area contributed by atoms with Crippen LogP contribution in [-0.2, 0) is 0 Å². The molecular weight excluding hydrogens is 154 g/mol. The summed E-state index contributed by atoms with van der Waals surface area (Å²) in [5, 5.41) is 3.37. The zero-order chi connectivity index (χ0) is 8.69. The Morgan fingerprint density at radius 2 is 2.27 bits per heavy atom. The van der Waals surface area contributed by atoms with Gasteiger partial charge in [0.2, 0.25) is 0 Å². The van der Waals surface area contributed by atoms with Crippen LogP contribution >= 0.6 is 12.6 Å². The minimum atomic E-state index is 0.659. The lowest BCUT2D eigenvalue weighted by Gasteiger charge is -2.10. The molecule has 0 saturated heterocycles. The fourth-order valence-corrected chi connectivity index (χ4v) is 1.31. The molecule has 0 aliphatic heterocycles. The van der Waals surface area contributed by atoms with Crippen molar-refractivity contribution in [2.45, 2.75) is 26.7 Å². The lowest BCUT2D eigenvalue weighted by atomic mass is 10.1. The van der Waals surface area contributed by atoms with Gasteiger partial charge in [0.1, 0.15) is 0 Å². The maximum absolute atomic E-state index is 4.16. The van der Waals surface area contributed by atoms with Gasteiger partial charge >= 0.3 is 0 Å². The van der Waals surface area contributed by atoms with E-state index in [1.165, 1.54) is 6.42 Å². The van der Waals surface area contributed by atoms with Crippen molar-refractivity contribution in [3.05, 3.63) is 11.5 Å². The van der Waals surface area contributed by atoms with Crippen molar-refractivity contribution in [2.75, 3.05) is 13.1 Å². The zero-order valence-electron chi connectivity index (χ0n) is 7.56. The molecule has 11 heavy (non-hydrogen) atoms. The molecule has 66 valence electrons. The summed E-state index contributed by atoms with van der Waals surface area (Å²) in [5.74, 6) is 0.659. The molecule has 0 amide bonds. The highest BCUT2D eigenvalue weighted by atomic mass is 32.1. The summed E-state index contributed by atoms with van der Waals surface area (Å²) in [4.78, 5) is 0.982. The van der Waals surface area contributed by atoms with E-state index in [0.717, 1.165) is 24.4 Å². The fraction of sp³-hybridized carbons (Fsp3) is 0.778. The van der Waals surface area contributed by atoms with Crippen LogP contribution in [0, 0.1) is 5.92 Å². The van der Waals surface area contributed by atoms with Crippen molar-refractivity contribution in [3.8, 4) is 0 Å². The van der Waals surface area contributed by atoms with Crippen LogP contribution in [0.5, 0.6) is 0 Å². The normalized spacial score (nSPS) is 13.0. The molecule has 0 aromatic heterocycles. The van der Waals surface area contributed by atoms with E-state index in [-0.39, 0.29) is 0 Å².